The van der Waals surface area contributed by atoms with Crippen LogP contribution in [0.3, 0.4) is 0 Å². The van der Waals surface area contributed by atoms with Crippen molar-refractivity contribution in [3.63, 3.8) is 0 Å². The Hall–Kier alpha value is -0.710. The van der Waals surface area contributed by atoms with Gasteiger partial charge in [0.1, 0.15) is 0 Å². The maximum atomic E-state index is 13.4. The zero-order chi connectivity index (χ0) is 18.3. The zero-order valence-electron chi connectivity index (χ0n) is 15.8. The predicted octanol–water partition coefficient (Wildman–Crippen LogP) is 5.17. The molecule has 0 aromatic heterocycles. The minimum atomic E-state index is -3.26. The van der Waals surface area contributed by atoms with Crippen LogP contribution in [0, 0.1) is 5.41 Å². The normalized spacial score (nSPS) is 19.7. The van der Waals surface area contributed by atoms with E-state index >= 15 is 0 Å². The SMILES string of the molecule is CCOP(=O)(OCC)[C@H](CCC1OCC(C)(C)CO1)c1ccccc1. The van der Waals surface area contributed by atoms with Gasteiger partial charge < -0.3 is 18.5 Å². The van der Waals surface area contributed by atoms with E-state index in [-0.39, 0.29) is 17.4 Å². The molecule has 1 atom stereocenters. The fraction of sp³-hybridized carbons (Fsp3) is 0.684. The molecule has 1 fully saturated rings. The van der Waals surface area contributed by atoms with Crippen molar-refractivity contribution in [1.29, 1.82) is 0 Å². The topological polar surface area (TPSA) is 54.0 Å². The Morgan fingerprint density at radius 2 is 1.68 bits per heavy atom. The van der Waals surface area contributed by atoms with Gasteiger partial charge in [0.15, 0.2) is 6.29 Å². The molecule has 0 saturated carbocycles. The number of ether oxygens (including phenoxy) is 2. The molecule has 0 radical (unpaired) electrons. The maximum absolute atomic E-state index is 13.4. The molecule has 0 aliphatic carbocycles. The summed E-state index contributed by atoms with van der Waals surface area (Å²) in [6.07, 6.45) is 1.00. The van der Waals surface area contributed by atoms with Crippen molar-refractivity contribution in [3.8, 4) is 0 Å². The molecular weight excluding hydrogens is 339 g/mol. The first-order chi connectivity index (χ1) is 11.9. The molecule has 0 spiro atoms. The smallest absolute Gasteiger partial charge is 0.338 e. The van der Waals surface area contributed by atoms with Crippen LogP contribution in [0.25, 0.3) is 0 Å². The number of benzene rings is 1. The third kappa shape index (κ3) is 5.90. The highest BCUT2D eigenvalue weighted by atomic mass is 31.2. The lowest BCUT2D eigenvalue weighted by Gasteiger charge is -2.35. The molecule has 0 N–H and O–H groups in total. The van der Waals surface area contributed by atoms with Gasteiger partial charge in [-0.15, -0.1) is 0 Å². The summed E-state index contributed by atoms with van der Waals surface area (Å²) in [6.45, 7) is 9.95. The van der Waals surface area contributed by atoms with E-state index in [1.165, 1.54) is 0 Å². The molecule has 0 bridgehead atoms. The van der Waals surface area contributed by atoms with Crippen LogP contribution >= 0.6 is 7.60 Å². The molecule has 2 rings (SSSR count). The Morgan fingerprint density at radius 1 is 1.12 bits per heavy atom. The minimum Gasteiger partial charge on any atom is -0.352 e. The summed E-state index contributed by atoms with van der Waals surface area (Å²) in [6, 6.07) is 9.78. The molecule has 1 aromatic carbocycles. The third-order valence-electron chi connectivity index (χ3n) is 4.18. The molecule has 1 aliphatic heterocycles. The third-order valence-corrected chi connectivity index (χ3v) is 6.74. The molecule has 25 heavy (non-hydrogen) atoms. The minimum absolute atomic E-state index is 0.0429. The Balaban J connectivity index is 2.11. The van der Waals surface area contributed by atoms with Crippen LogP contribution < -0.4 is 0 Å². The Morgan fingerprint density at radius 3 is 2.20 bits per heavy atom. The quantitative estimate of drug-likeness (QED) is 0.561. The van der Waals surface area contributed by atoms with Crippen LogP contribution in [0.2, 0.25) is 0 Å². The molecule has 6 heteroatoms. The summed E-state index contributed by atoms with van der Waals surface area (Å²) in [5.74, 6) is 0. The second kappa shape index (κ2) is 9.29. The van der Waals surface area contributed by atoms with Gasteiger partial charge in [0, 0.05) is 5.41 Å². The van der Waals surface area contributed by atoms with Crippen LogP contribution in [0.1, 0.15) is 51.8 Å². The first-order valence-electron chi connectivity index (χ1n) is 9.07. The lowest BCUT2D eigenvalue weighted by molar-refractivity contribution is -0.224. The van der Waals surface area contributed by atoms with E-state index in [4.69, 9.17) is 18.5 Å². The molecule has 0 unspecified atom stereocenters. The van der Waals surface area contributed by atoms with Gasteiger partial charge in [0.05, 0.1) is 32.1 Å². The van der Waals surface area contributed by atoms with Crippen molar-refractivity contribution in [3.05, 3.63) is 35.9 Å². The summed E-state index contributed by atoms with van der Waals surface area (Å²) in [5, 5.41) is 0. The van der Waals surface area contributed by atoms with E-state index in [1.54, 1.807) is 0 Å². The second-order valence-electron chi connectivity index (χ2n) is 7.09. The number of hydrogen-bond donors (Lipinski definition) is 0. The van der Waals surface area contributed by atoms with E-state index in [2.05, 4.69) is 13.8 Å². The zero-order valence-corrected chi connectivity index (χ0v) is 16.7. The van der Waals surface area contributed by atoms with Crippen LogP contribution in [-0.2, 0) is 23.1 Å². The van der Waals surface area contributed by atoms with E-state index < -0.39 is 7.60 Å². The highest BCUT2D eigenvalue weighted by Crippen LogP contribution is 2.62. The van der Waals surface area contributed by atoms with Gasteiger partial charge in [-0.2, -0.15) is 0 Å². The van der Waals surface area contributed by atoms with Gasteiger partial charge in [-0.1, -0.05) is 44.2 Å². The second-order valence-corrected chi connectivity index (χ2v) is 9.31. The largest absolute Gasteiger partial charge is 0.352 e. The Bertz CT molecular complexity index is 540. The van der Waals surface area contributed by atoms with Crippen LogP contribution in [0.5, 0.6) is 0 Å². The lowest BCUT2D eigenvalue weighted by atomic mass is 9.95. The van der Waals surface area contributed by atoms with Gasteiger partial charge in [-0.25, -0.2) is 0 Å². The summed E-state index contributed by atoms with van der Waals surface area (Å²) >= 11 is 0. The van der Waals surface area contributed by atoms with Gasteiger partial charge in [-0.05, 0) is 32.3 Å². The van der Waals surface area contributed by atoms with Gasteiger partial charge >= 0.3 is 7.60 Å². The number of rotatable bonds is 9. The van der Waals surface area contributed by atoms with Crippen molar-refractivity contribution in [2.45, 2.75) is 52.5 Å². The van der Waals surface area contributed by atoms with Gasteiger partial charge in [0.2, 0.25) is 0 Å². The maximum Gasteiger partial charge on any atom is 0.338 e. The molecule has 142 valence electrons. The molecule has 5 nitrogen and oxygen atoms in total. The number of hydrogen-bond acceptors (Lipinski definition) is 5. The lowest BCUT2D eigenvalue weighted by Crippen LogP contribution is -2.37. The van der Waals surface area contributed by atoms with Crippen molar-refractivity contribution < 1.29 is 23.1 Å². The fourth-order valence-corrected chi connectivity index (χ4v) is 5.10. The van der Waals surface area contributed by atoms with Crippen molar-refractivity contribution in [2.75, 3.05) is 26.4 Å². The van der Waals surface area contributed by atoms with Gasteiger partial charge in [-0.3, -0.25) is 4.57 Å². The summed E-state index contributed by atoms with van der Waals surface area (Å²) < 4.78 is 36.2. The van der Waals surface area contributed by atoms with Gasteiger partial charge in [0.25, 0.3) is 0 Å². The summed E-state index contributed by atoms with van der Waals surface area (Å²) in [7, 11) is -3.26. The van der Waals surface area contributed by atoms with Crippen molar-refractivity contribution >= 4 is 7.60 Å². The van der Waals surface area contributed by atoms with E-state index in [0.29, 0.717) is 39.3 Å². The van der Waals surface area contributed by atoms with Crippen LogP contribution in [-0.4, -0.2) is 32.7 Å². The highest BCUT2D eigenvalue weighted by molar-refractivity contribution is 7.54. The average Bonchev–Trinajstić information content (AvgIpc) is 2.58. The van der Waals surface area contributed by atoms with Crippen LogP contribution in [0.15, 0.2) is 30.3 Å². The molecule has 1 heterocycles. The fourth-order valence-electron chi connectivity index (χ4n) is 2.95. The molecular formula is C19H31O5P. The molecule has 0 amide bonds. The average molecular weight is 370 g/mol. The predicted molar refractivity (Wildman–Crippen MR) is 98.7 cm³/mol. The summed E-state index contributed by atoms with van der Waals surface area (Å²) in [4.78, 5) is 0. The monoisotopic (exact) mass is 370 g/mol. The molecule has 1 aromatic rings. The first-order valence-corrected chi connectivity index (χ1v) is 10.7. The Labute approximate surface area is 151 Å². The van der Waals surface area contributed by atoms with E-state index in [0.717, 1.165) is 5.56 Å². The van der Waals surface area contributed by atoms with Crippen molar-refractivity contribution in [1.82, 2.24) is 0 Å². The van der Waals surface area contributed by atoms with E-state index in [1.807, 2.05) is 44.2 Å². The molecule has 1 aliphatic rings. The van der Waals surface area contributed by atoms with Crippen LogP contribution in [0.4, 0.5) is 0 Å². The summed E-state index contributed by atoms with van der Waals surface area (Å²) in [5.41, 5.74) is 0.681. The van der Waals surface area contributed by atoms with E-state index in [9.17, 15) is 4.57 Å². The van der Waals surface area contributed by atoms with Crippen molar-refractivity contribution in [2.24, 2.45) is 5.41 Å². The standard InChI is InChI=1S/C19H31O5P/c1-5-23-25(20,24-6-2)17(16-10-8-7-9-11-16)12-13-18-21-14-19(3,4)15-22-18/h7-11,17-18H,5-6,12-15H2,1-4H3/t17-/m1/s1. The Kier molecular flexibility index (Phi) is 7.66. The highest BCUT2D eigenvalue weighted by Gasteiger charge is 2.38. The first kappa shape index (κ1) is 20.6. The molecule has 1 saturated heterocycles.